The van der Waals surface area contributed by atoms with Crippen molar-refractivity contribution in [1.29, 1.82) is 0 Å². The van der Waals surface area contributed by atoms with Gasteiger partial charge in [0.15, 0.2) is 17.0 Å². The van der Waals surface area contributed by atoms with Crippen LogP contribution >= 0.6 is 11.8 Å². The first-order chi connectivity index (χ1) is 7.66. The number of aliphatic imine (C=N–C) groups is 1. The largest absolute Gasteiger partial charge is 0.504 e. The van der Waals surface area contributed by atoms with E-state index in [0.717, 1.165) is 0 Å². The summed E-state index contributed by atoms with van der Waals surface area (Å²) in [6.45, 7) is 0. The SMILES string of the molecule is O=C(O)[C@@H]1CSC(Nc2ccncc2O)=N1. The molecule has 2 rings (SSSR count). The number of pyridine rings is 1. The van der Waals surface area contributed by atoms with Gasteiger partial charge >= 0.3 is 5.97 Å². The number of thioether (sulfide) groups is 1. The van der Waals surface area contributed by atoms with Gasteiger partial charge in [-0.2, -0.15) is 0 Å². The van der Waals surface area contributed by atoms with E-state index in [2.05, 4.69) is 15.3 Å². The summed E-state index contributed by atoms with van der Waals surface area (Å²) in [5.74, 6) is -0.531. The number of hydrogen-bond acceptors (Lipinski definition) is 6. The van der Waals surface area contributed by atoms with Gasteiger partial charge in [0, 0.05) is 11.9 Å². The zero-order valence-corrected chi connectivity index (χ0v) is 8.94. The highest BCUT2D eigenvalue weighted by molar-refractivity contribution is 8.14. The molecule has 84 valence electrons. The van der Waals surface area contributed by atoms with Gasteiger partial charge in [-0.3, -0.25) is 4.98 Å². The number of carbonyl (C=O) groups is 1. The lowest BCUT2D eigenvalue weighted by Gasteiger charge is -2.05. The van der Waals surface area contributed by atoms with Crippen LogP contribution in [0.5, 0.6) is 5.75 Å². The zero-order valence-electron chi connectivity index (χ0n) is 8.12. The Morgan fingerprint density at radius 1 is 1.62 bits per heavy atom. The van der Waals surface area contributed by atoms with Crippen molar-refractivity contribution >= 4 is 28.6 Å². The van der Waals surface area contributed by atoms with Crippen molar-refractivity contribution in [2.24, 2.45) is 4.99 Å². The lowest BCUT2D eigenvalue weighted by atomic mass is 10.4. The van der Waals surface area contributed by atoms with Crippen LogP contribution in [0, 0.1) is 0 Å². The van der Waals surface area contributed by atoms with Crippen LogP contribution in [0.2, 0.25) is 0 Å². The molecule has 7 heteroatoms. The van der Waals surface area contributed by atoms with Gasteiger partial charge in [0.25, 0.3) is 0 Å². The van der Waals surface area contributed by atoms with Gasteiger partial charge in [-0.15, -0.1) is 0 Å². The average molecular weight is 239 g/mol. The van der Waals surface area contributed by atoms with Crippen molar-refractivity contribution in [3.8, 4) is 5.75 Å². The smallest absolute Gasteiger partial charge is 0.329 e. The molecule has 0 unspecified atom stereocenters. The molecule has 0 amide bonds. The predicted molar refractivity (Wildman–Crippen MR) is 60.8 cm³/mol. The molecule has 1 aromatic rings. The molecule has 2 heterocycles. The minimum absolute atomic E-state index is 0.00424. The second-order valence-corrected chi connectivity index (χ2v) is 4.13. The molecular formula is C9H9N3O3S. The predicted octanol–water partition coefficient (Wildman–Crippen LogP) is 0.755. The molecule has 16 heavy (non-hydrogen) atoms. The molecular weight excluding hydrogens is 230 g/mol. The molecule has 3 N–H and O–H groups in total. The molecule has 0 spiro atoms. The summed E-state index contributed by atoms with van der Waals surface area (Å²) in [5.41, 5.74) is 0.465. The Bertz CT molecular complexity index is 449. The van der Waals surface area contributed by atoms with Gasteiger partial charge in [0.05, 0.1) is 11.9 Å². The fourth-order valence-corrected chi connectivity index (χ4v) is 2.09. The van der Waals surface area contributed by atoms with Crippen molar-refractivity contribution in [3.63, 3.8) is 0 Å². The Morgan fingerprint density at radius 2 is 2.44 bits per heavy atom. The van der Waals surface area contributed by atoms with Crippen molar-refractivity contribution in [1.82, 2.24) is 4.98 Å². The highest BCUT2D eigenvalue weighted by Crippen LogP contribution is 2.25. The second kappa shape index (κ2) is 4.40. The third kappa shape index (κ3) is 2.25. The number of anilines is 1. The third-order valence-corrected chi connectivity index (χ3v) is 2.94. The molecule has 0 aromatic carbocycles. The Hall–Kier alpha value is -1.76. The highest BCUT2D eigenvalue weighted by atomic mass is 32.2. The summed E-state index contributed by atoms with van der Waals surface area (Å²) in [6.07, 6.45) is 2.83. The van der Waals surface area contributed by atoms with Crippen molar-refractivity contribution in [2.45, 2.75) is 6.04 Å². The Labute approximate surface area is 95.4 Å². The van der Waals surface area contributed by atoms with E-state index in [4.69, 9.17) is 5.11 Å². The number of amidine groups is 1. The van der Waals surface area contributed by atoms with Gasteiger partial charge in [-0.25, -0.2) is 9.79 Å². The molecule has 0 radical (unpaired) electrons. The number of aromatic hydroxyl groups is 1. The molecule has 0 saturated heterocycles. The van der Waals surface area contributed by atoms with E-state index in [1.165, 1.54) is 24.2 Å². The fraction of sp³-hybridized carbons (Fsp3) is 0.222. The number of nitrogens with one attached hydrogen (secondary N) is 1. The first-order valence-corrected chi connectivity index (χ1v) is 5.49. The number of aromatic nitrogens is 1. The van der Waals surface area contributed by atoms with E-state index >= 15 is 0 Å². The summed E-state index contributed by atoms with van der Waals surface area (Å²) in [4.78, 5) is 18.4. The van der Waals surface area contributed by atoms with Gasteiger partial charge in [-0.1, -0.05) is 11.8 Å². The molecule has 0 fully saturated rings. The Balaban J connectivity index is 2.09. The molecule has 1 atom stereocenters. The highest BCUT2D eigenvalue weighted by Gasteiger charge is 2.24. The average Bonchev–Trinajstić information content (AvgIpc) is 2.70. The maximum Gasteiger partial charge on any atom is 0.329 e. The summed E-state index contributed by atoms with van der Waals surface area (Å²) in [6, 6.07) is 0.878. The summed E-state index contributed by atoms with van der Waals surface area (Å²) < 4.78 is 0. The van der Waals surface area contributed by atoms with E-state index in [1.807, 2.05) is 0 Å². The van der Waals surface area contributed by atoms with Crippen LogP contribution in [-0.4, -0.2) is 38.1 Å². The summed E-state index contributed by atoms with van der Waals surface area (Å²) in [5, 5.41) is 21.5. The third-order valence-electron chi connectivity index (χ3n) is 1.98. The van der Waals surface area contributed by atoms with Crippen molar-refractivity contribution < 1.29 is 15.0 Å². The van der Waals surface area contributed by atoms with E-state index in [-0.39, 0.29) is 5.75 Å². The lowest BCUT2D eigenvalue weighted by molar-refractivity contribution is -0.137. The van der Waals surface area contributed by atoms with Crippen molar-refractivity contribution in [2.75, 3.05) is 11.1 Å². The normalized spacial score (nSPS) is 19.2. The van der Waals surface area contributed by atoms with Gasteiger partial charge < -0.3 is 15.5 Å². The van der Waals surface area contributed by atoms with Crippen LogP contribution in [0.25, 0.3) is 0 Å². The first-order valence-electron chi connectivity index (χ1n) is 4.50. The molecule has 0 bridgehead atoms. The quantitative estimate of drug-likeness (QED) is 0.705. The molecule has 6 nitrogen and oxygen atoms in total. The molecule has 1 aromatic heterocycles. The van der Waals surface area contributed by atoms with Crippen LogP contribution in [0.3, 0.4) is 0 Å². The number of aliphatic carboxylic acids is 1. The molecule has 1 aliphatic rings. The Morgan fingerprint density at radius 3 is 3.06 bits per heavy atom. The van der Waals surface area contributed by atoms with Crippen LogP contribution in [0.4, 0.5) is 5.69 Å². The topological polar surface area (TPSA) is 94.8 Å². The van der Waals surface area contributed by atoms with E-state index in [0.29, 0.717) is 16.6 Å². The molecule has 0 aliphatic carbocycles. The number of nitrogens with zero attached hydrogens (tertiary/aromatic N) is 2. The standard InChI is InChI=1S/C9H9N3O3S/c13-7-3-10-2-1-5(7)11-9-12-6(4-16-9)8(14)15/h1-3,6,13H,4H2,(H,14,15)(H,10,11,12)/t6-/m0/s1. The van der Waals surface area contributed by atoms with Crippen molar-refractivity contribution in [3.05, 3.63) is 18.5 Å². The minimum atomic E-state index is -0.941. The van der Waals surface area contributed by atoms with Crippen LogP contribution < -0.4 is 5.32 Å². The van der Waals surface area contributed by atoms with E-state index in [9.17, 15) is 9.90 Å². The first kappa shape index (κ1) is 10.7. The van der Waals surface area contributed by atoms with Gasteiger partial charge in [0.2, 0.25) is 0 Å². The number of carboxylic acids is 1. The number of hydrogen-bond donors (Lipinski definition) is 3. The molecule has 0 saturated carbocycles. The monoisotopic (exact) mass is 239 g/mol. The number of carboxylic acid groups (broad SMARTS) is 1. The van der Waals surface area contributed by atoms with Crippen LogP contribution in [0.15, 0.2) is 23.5 Å². The lowest BCUT2D eigenvalue weighted by Crippen LogP contribution is -2.17. The minimum Gasteiger partial charge on any atom is -0.504 e. The molecule has 1 aliphatic heterocycles. The van der Waals surface area contributed by atoms with Gasteiger partial charge in [-0.05, 0) is 6.07 Å². The Kier molecular flexibility index (Phi) is 2.95. The number of rotatable bonds is 2. The van der Waals surface area contributed by atoms with Crippen LogP contribution in [0.1, 0.15) is 0 Å². The zero-order chi connectivity index (χ0) is 11.5. The van der Waals surface area contributed by atoms with E-state index < -0.39 is 12.0 Å². The maximum atomic E-state index is 10.7. The second-order valence-electron chi connectivity index (χ2n) is 3.12. The van der Waals surface area contributed by atoms with E-state index in [1.54, 1.807) is 6.07 Å². The summed E-state index contributed by atoms with van der Waals surface area (Å²) >= 11 is 1.31. The van der Waals surface area contributed by atoms with Gasteiger partial charge in [0.1, 0.15) is 0 Å². The van der Waals surface area contributed by atoms with Crippen LogP contribution in [-0.2, 0) is 4.79 Å². The maximum absolute atomic E-state index is 10.7. The fourth-order valence-electron chi connectivity index (χ4n) is 1.18. The summed E-state index contributed by atoms with van der Waals surface area (Å²) in [7, 11) is 0.